The number of nitrogens with zero attached hydrogens (tertiary/aromatic N) is 5. The average Bonchev–Trinajstić information content (AvgIpc) is 3.45. The van der Waals surface area contributed by atoms with Gasteiger partial charge in [0.05, 0.1) is 53.0 Å². The number of benzene rings is 3. The van der Waals surface area contributed by atoms with Crippen LogP contribution >= 0.6 is 11.6 Å². The van der Waals surface area contributed by atoms with Crippen molar-refractivity contribution in [2.45, 2.75) is 57.3 Å². The first-order valence-electron chi connectivity index (χ1n) is 18.7. The second kappa shape index (κ2) is 16.6. The van der Waals surface area contributed by atoms with Gasteiger partial charge in [-0.05, 0) is 66.1 Å². The summed E-state index contributed by atoms with van der Waals surface area (Å²) < 4.78 is 43.3. The highest BCUT2D eigenvalue weighted by Crippen LogP contribution is 2.39. The number of hydrogen-bond acceptors (Lipinski definition) is 13. The summed E-state index contributed by atoms with van der Waals surface area (Å²) in [5.41, 5.74) is 3.08. The van der Waals surface area contributed by atoms with Crippen LogP contribution in [0, 0.1) is 11.3 Å². The minimum absolute atomic E-state index is 0.0416. The van der Waals surface area contributed by atoms with E-state index < -0.39 is 45.1 Å². The van der Waals surface area contributed by atoms with Gasteiger partial charge in [-0.15, -0.1) is 0 Å². The van der Waals surface area contributed by atoms with Gasteiger partial charge < -0.3 is 19.1 Å². The van der Waals surface area contributed by atoms with E-state index in [-0.39, 0.29) is 65.6 Å². The molecule has 4 heterocycles. The molecule has 2 unspecified atom stereocenters. The Kier molecular flexibility index (Phi) is 11.6. The van der Waals surface area contributed by atoms with Crippen LogP contribution in [0.2, 0.25) is 5.02 Å². The number of anilines is 2. The third-order valence-corrected chi connectivity index (χ3v) is 11.3. The van der Waals surface area contributed by atoms with Crippen LogP contribution in [-0.2, 0) is 36.4 Å². The van der Waals surface area contributed by atoms with Crippen LogP contribution in [-0.4, -0.2) is 91.6 Å². The first-order chi connectivity index (χ1) is 28.1. The molecule has 0 radical (unpaired) electrons. The van der Waals surface area contributed by atoms with Gasteiger partial charge in [-0.3, -0.25) is 34.1 Å². The number of piperidine rings is 1. The SMILES string of the molecule is CC(C)(c1ccc(OCc2ccnc(NS(C)(=O)=O)n2)cc1)c1cc(Cl)c(OCCC2CN(c3ccc4c(c3)C(=O)N(C3CCC(=O)NC3=O)C4=O)CCO2)c(C#N)c1. The lowest BCUT2D eigenvalue weighted by Gasteiger charge is -2.34. The molecule has 2 atom stereocenters. The molecule has 2 fully saturated rings. The predicted octanol–water partition coefficient (Wildman–Crippen LogP) is 4.35. The Morgan fingerprint density at radius 2 is 1.78 bits per heavy atom. The van der Waals surface area contributed by atoms with Gasteiger partial charge in [-0.2, -0.15) is 5.26 Å². The Bertz CT molecular complexity index is 2490. The lowest BCUT2D eigenvalue weighted by atomic mass is 9.77. The van der Waals surface area contributed by atoms with Crippen LogP contribution in [0.1, 0.15) is 76.2 Å². The van der Waals surface area contributed by atoms with Crippen molar-refractivity contribution in [2.75, 3.05) is 42.2 Å². The Labute approximate surface area is 345 Å². The van der Waals surface area contributed by atoms with Gasteiger partial charge in [0.2, 0.25) is 27.8 Å². The molecule has 0 bridgehead atoms. The Morgan fingerprint density at radius 3 is 2.51 bits per heavy atom. The van der Waals surface area contributed by atoms with Gasteiger partial charge in [-0.1, -0.05) is 37.6 Å². The standard InChI is InChI=1S/C41H40ClN7O9S/c1-41(2,25-4-7-29(8-5-25)58-23-27-12-14-44-40(45-27)47-59(3,54)55)26-18-24(21-43)36(33(42)19-26)57-16-13-30-22-48(15-17-56-30)28-6-9-31-32(20-28)39(53)49(38(31)52)34-10-11-35(50)46-37(34)51/h4-9,12,14,18-20,30,34H,10-11,13,15-17,22-23H2,1-3H3,(H,44,45,47)(H,46,50,51). The maximum Gasteiger partial charge on any atom is 0.262 e. The number of nitrogens with one attached hydrogen (secondary N) is 2. The molecule has 3 aromatic carbocycles. The molecule has 2 N–H and O–H groups in total. The number of rotatable bonds is 13. The molecule has 0 saturated carbocycles. The van der Waals surface area contributed by atoms with Gasteiger partial charge in [0.15, 0.2) is 5.75 Å². The summed E-state index contributed by atoms with van der Waals surface area (Å²) in [5, 5.41) is 12.6. The maximum absolute atomic E-state index is 13.4. The monoisotopic (exact) mass is 841 g/mol. The summed E-state index contributed by atoms with van der Waals surface area (Å²) in [6, 6.07) is 18.8. The van der Waals surface area contributed by atoms with Gasteiger partial charge in [-0.25, -0.2) is 18.4 Å². The summed E-state index contributed by atoms with van der Waals surface area (Å²) in [6.45, 7) is 5.76. The minimum atomic E-state index is -3.52. The number of sulfonamides is 1. The first kappa shape index (κ1) is 41.1. The van der Waals surface area contributed by atoms with Crippen molar-refractivity contribution in [3.8, 4) is 17.6 Å². The average molecular weight is 842 g/mol. The first-order valence-corrected chi connectivity index (χ1v) is 21.0. The number of amides is 4. The molecular weight excluding hydrogens is 802 g/mol. The van der Waals surface area contributed by atoms with E-state index in [2.05, 4.69) is 31.0 Å². The molecule has 3 aliphatic heterocycles. The third-order valence-electron chi connectivity index (χ3n) is 10.5. The highest BCUT2D eigenvalue weighted by Gasteiger charge is 2.45. The number of carbonyl (C=O) groups excluding carboxylic acids is 4. The zero-order valence-corrected chi connectivity index (χ0v) is 33.9. The summed E-state index contributed by atoms with van der Waals surface area (Å²) in [7, 11) is -3.52. The number of imide groups is 2. The van der Waals surface area contributed by atoms with E-state index in [0.717, 1.165) is 28.0 Å². The van der Waals surface area contributed by atoms with Crippen molar-refractivity contribution >= 4 is 56.9 Å². The fourth-order valence-corrected chi connectivity index (χ4v) is 7.95. The molecule has 1 aromatic heterocycles. The lowest BCUT2D eigenvalue weighted by molar-refractivity contribution is -0.136. The van der Waals surface area contributed by atoms with E-state index >= 15 is 0 Å². The highest BCUT2D eigenvalue weighted by molar-refractivity contribution is 7.92. The molecule has 0 aliphatic carbocycles. The molecule has 0 spiro atoms. The lowest BCUT2D eigenvalue weighted by Crippen LogP contribution is -2.54. The normalized spacial score (nSPS) is 18.3. The third kappa shape index (κ3) is 8.99. The quantitative estimate of drug-likeness (QED) is 0.180. The van der Waals surface area contributed by atoms with Crippen LogP contribution in [0.3, 0.4) is 0 Å². The van der Waals surface area contributed by atoms with E-state index in [1.165, 1.54) is 6.20 Å². The second-order valence-corrected chi connectivity index (χ2v) is 17.0. The zero-order valence-electron chi connectivity index (χ0n) is 32.4. The predicted molar refractivity (Wildman–Crippen MR) is 215 cm³/mol. The number of aromatic nitrogens is 2. The Morgan fingerprint density at radius 1 is 1.02 bits per heavy atom. The summed E-state index contributed by atoms with van der Waals surface area (Å²) in [5.74, 6) is -1.42. The fraction of sp³-hybridized carbons (Fsp3) is 0.341. The Hall–Kier alpha value is -6.09. The van der Waals surface area contributed by atoms with Crippen molar-refractivity contribution in [2.24, 2.45) is 0 Å². The number of carbonyl (C=O) groups is 4. The van der Waals surface area contributed by atoms with Gasteiger partial charge in [0.25, 0.3) is 11.8 Å². The van der Waals surface area contributed by atoms with Crippen LogP contribution < -0.4 is 24.4 Å². The zero-order chi connectivity index (χ0) is 42.1. The molecular formula is C41H40ClN7O9S. The van der Waals surface area contributed by atoms with Crippen molar-refractivity contribution in [3.05, 3.63) is 105 Å². The largest absolute Gasteiger partial charge is 0.491 e. The van der Waals surface area contributed by atoms with Crippen LogP contribution in [0.25, 0.3) is 0 Å². The summed E-state index contributed by atoms with van der Waals surface area (Å²) in [6.07, 6.45) is 2.81. The van der Waals surface area contributed by atoms with Crippen molar-refractivity contribution in [1.29, 1.82) is 5.26 Å². The van der Waals surface area contributed by atoms with E-state index in [0.29, 0.717) is 37.6 Å². The second-order valence-electron chi connectivity index (χ2n) is 14.9. The van der Waals surface area contributed by atoms with E-state index in [1.54, 1.807) is 36.4 Å². The number of fused-ring (bicyclic) bond motifs is 1. The Balaban J connectivity index is 0.953. The molecule has 59 heavy (non-hydrogen) atoms. The summed E-state index contributed by atoms with van der Waals surface area (Å²) in [4.78, 5) is 61.7. The van der Waals surface area contributed by atoms with Crippen molar-refractivity contribution in [1.82, 2.24) is 20.2 Å². The van der Waals surface area contributed by atoms with Gasteiger partial charge >= 0.3 is 0 Å². The maximum atomic E-state index is 13.4. The number of ether oxygens (including phenoxy) is 3. The number of hydrogen-bond donors (Lipinski definition) is 2. The molecule has 18 heteroatoms. The minimum Gasteiger partial charge on any atom is -0.491 e. The number of nitriles is 1. The summed E-state index contributed by atoms with van der Waals surface area (Å²) >= 11 is 6.77. The van der Waals surface area contributed by atoms with Crippen molar-refractivity contribution in [3.63, 3.8) is 0 Å². The van der Waals surface area contributed by atoms with E-state index in [1.807, 2.05) is 38.1 Å². The van der Waals surface area contributed by atoms with Crippen LogP contribution in [0.4, 0.5) is 11.6 Å². The molecule has 4 amide bonds. The van der Waals surface area contributed by atoms with Gasteiger partial charge in [0.1, 0.15) is 24.5 Å². The van der Waals surface area contributed by atoms with Crippen LogP contribution in [0.5, 0.6) is 11.5 Å². The smallest absolute Gasteiger partial charge is 0.262 e. The van der Waals surface area contributed by atoms with Crippen LogP contribution in [0.15, 0.2) is 66.9 Å². The van der Waals surface area contributed by atoms with E-state index in [4.69, 9.17) is 25.8 Å². The fourth-order valence-electron chi connectivity index (χ4n) is 7.24. The molecule has 16 nitrogen and oxygen atoms in total. The van der Waals surface area contributed by atoms with Gasteiger partial charge in [0, 0.05) is 43.2 Å². The molecule has 3 aliphatic rings. The highest BCUT2D eigenvalue weighted by atomic mass is 35.5. The number of halogens is 1. The topological polar surface area (TPSA) is 210 Å². The molecule has 4 aromatic rings. The van der Waals surface area contributed by atoms with E-state index in [9.17, 15) is 32.9 Å². The number of morpholine rings is 1. The molecule has 7 rings (SSSR count). The molecule has 306 valence electrons. The molecule has 2 saturated heterocycles. The van der Waals surface area contributed by atoms with Crippen molar-refractivity contribution < 1.29 is 41.8 Å².